The predicted molar refractivity (Wildman–Crippen MR) is 53.0 cm³/mol. The minimum Gasteiger partial charge on any atom is -0.294 e. The summed E-state index contributed by atoms with van der Waals surface area (Å²) in [6.07, 6.45) is -3.75. The molecule has 0 N–H and O–H groups in total. The maximum absolute atomic E-state index is 12.6. The fraction of sp³-hybridized carbons (Fsp3) is 0.417. The lowest BCUT2D eigenvalue weighted by Gasteiger charge is -2.11. The quantitative estimate of drug-likeness (QED) is 0.707. The molecule has 0 bridgehead atoms. The highest BCUT2D eigenvalue weighted by atomic mass is 19.4. The molecule has 2 atom stereocenters. The Morgan fingerprint density at radius 2 is 1.88 bits per heavy atom. The van der Waals surface area contributed by atoms with Crippen LogP contribution >= 0.6 is 0 Å². The zero-order valence-corrected chi connectivity index (χ0v) is 8.71. The maximum Gasteiger partial charge on any atom is 0.417 e. The van der Waals surface area contributed by atoms with E-state index < -0.39 is 11.7 Å². The van der Waals surface area contributed by atoms with E-state index in [0.29, 0.717) is 6.42 Å². The van der Waals surface area contributed by atoms with E-state index in [1.807, 2.05) is 6.92 Å². The van der Waals surface area contributed by atoms with E-state index in [2.05, 4.69) is 0 Å². The smallest absolute Gasteiger partial charge is 0.294 e. The van der Waals surface area contributed by atoms with Gasteiger partial charge in [-0.15, -0.1) is 0 Å². The van der Waals surface area contributed by atoms with Crippen LogP contribution in [-0.4, -0.2) is 5.78 Å². The Kier molecular flexibility index (Phi) is 2.52. The molecule has 1 aromatic carbocycles. The van der Waals surface area contributed by atoms with Gasteiger partial charge in [0, 0.05) is 11.5 Å². The lowest BCUT2D eigenvalue weighted by molar-refractivity contribution is -0.137. The molecule has 1 fully saturated rings. The number of rotatable bonds is 2. The van der Waals surface area contributed by atoms with Crippen molar-refractivity contribution in [2.75, 3.05) is 0 Å². The van der Waals surface area contributed by atoms with E-state index in [1.165, 1.54) is 18.2 Å². The van der Waals surface area contributed by atoms with Crippen LogP contribution in [0.25, 0.3) is 0 Å². The summed E-state index contributed by atoms with van der Waals surface area (Å²) in [5, 5.41) is 0. The molecule has 0 amide bonds. The van der Waals surface area contributed by atoms with Crippen LogP contribution in [0.5, 0.6) is 0 Å². The van der Waals surface area contributed by atoms with Gasteiger partial charge < -0.3 is 0 Å². The summed E-state index contributed by atoms with van der Waals surface area (Å²) in [4.78, 5) is 11.8. The fourth-order valence-corrected chi connectivity index (χ4v) is 1.83. The maximum atomic E-state index is 12.6. The lowest BCUT2D eigenvalue weighted by Crippen LogP contribution is -2.14. The standard InChI is InChI=1S/C12H11F3O/c1-7-6-9(7)11(16)8-4-2-3-5-10(8)12(13,14)15/h2-5,7,9H,6H2,1H3. The number of alkyl halides is 3. The van der Waals surface area contributed by atoms with Gasteiger partial charge in [0.2, 0.25) is 0 Å². The third-order valence-electron chi connectivity index (χ3n) is 2.94. The van der Waals surface area contributed by atoms with Crippen molar-refractivity contribution >= 4 is 5.78 Å². The van der Waals surface area contributed by atoms with Gasteiger partial charge in [0.1, 0.15) is 0 Å². The van der Waals surface area contributed by atoms with Crippen LogP contribution in [0.3, 0.4) is 0 Å². The molecule has 1 aliphatic carbocycles. The van der Waals surface area contributed by atoms with Gasteiger partial charge >= 0.3 is 6.18 Å². The first-order chi connectivity index (χ1) is 7.41. The second-order valence-electron chi connectivity index (χ2n) is 4.23. The fourth-order valence-electron chi connectivity index (χ4n) is 1.83. The molecule has 16 heavy (non-hydrogen) atoms. The van der Waals surface area contributed by atoms with Gasteiger partial charge in [-0.25, -0.2) is 0 Å². The number of benzene rings is 1. The Hall–Kier alpha value is -1.32. The number of hydrogen-bond acceptors (Lipinski definition) is 1. The molecular formula is C12H11F3O. The van der Waals surface area contributed by atoms with Crippen molar-refractivity contribution in [1.82, 2.24) is 0 Å². The molecule has 0 radical (unpaired) electrons. The Balaban J connectivity index is 2.37. The highest BCUT2D eigenvalue weighted by Crippen LogP contribution is 2.42. The second kappa shape index (κ2) is 3.61. The molecule has 1 aliphatic rings. The van der Waals surface area contributed by atoms with Gasteiger partial charge in [0.05, 0.1) is 5.56 Å². The SMILES string of the molecule is CC1CC1C(=O)c1ccccc1C(F)(F)F. The summed E-state index contributed by atoms with van der Waals surface area (Å²) in [6.45, 7) is 1.87. The summed E-state index contributed by atoms with van der Waals surface area (Å²) in [7, 11) is 0. The third kappa shape index (κ3) is 1.96. The minimum absolute atomic E-state index is 0.190. The molecule has 0 heterocycles. The molecular weight excluding hydrogens is 217 g/mol. The van der Waals surface area contributed by atoms with Crippen LogP contribution in [0.15, 0.2) is 24.3 Å². The summed E-state index contributed by atoms with van der Waals surface area (Å²) < 4.78 is 37.9. The molecule has 2 unspecified atom stereocenters. The van der Waals surface area contributed by atoms with Crippen molar-refractivity contribution in [3.63, 3.8) is 0 Å². The number of hydrogen-bond donors (Lipinski definition) is 0. The predicted octanol–water partition coefficient (Wildman–Crippen LogP) is 3.54. The zero-order valence-electron chi connectivity index (χ0n) is 8.71. The molecule has 86 valence electrons. The Morgan fingerprint density at radius 1 is 1.31 bits per heavy atom. The monoisotopic (exact) mass is 228 g/mol. The average molecular weight is 228 g/mol. The molecule has 1 aromatic rings. The highest BCUT2D eigenvalue weighted by Gasteiger charge is 2.43. The first kappa shape index (κ1) is 11.2. The van der Waals surface area contributed by atoms with Gasteiger partial charge in [-0.05, 0) is 18.4 Å². The molecule has 0 spiro atoms. The molecule has 1 nitrogen and oxygen atoms in total. The van der Waals surface area contributed by atoms with Crippen LogP contribution in [-0.2, 0) is 6.18 Å². The molecule has 4 heteroatoms. The van der Waals surface area contributed by atoms with E-state index in [0.717, 1.165) is 6.07 Å². The van der Waals surface area contributed by atoms with Crippen molar-refractivity contribution in [1.29, 1.82) is 0 Å². The summed E-state index contributed by atoms with van der Waals surface area (Å²) >= 11 is 0. The molecule has 2 rings (SSSR count). The van der Waals surface area contributed by atoms with E-state index in [9.17, 15) is 18.0 Å². The van der Waals surface area contributed by atoms with Crippen molar-refractivity contribution in [3.05, 3.63) is 35.4 Å². The lowest BCUT2D eigenvalue weighted by atomic mass is 10.00. The van der Waals surface area contributed by atoms with Crippen LogP contribution in [0.2, 0.25) is 0 Å². The number of carbonyl (C=O) groups is 1. The van der Waals surface area contributed by atoms with Crippen LogP contribution < -0.4 is 0 Å². The Labute approximate surface area is 91.3 Å². The van der Waals surface area contributed by atoms with E-state index in [-0.39, 0.29) is 23.2 Å². The summed E-state index contributed by atoms with van der Waals surface area (Å²) in [5.41, 5.74) is -1.01. The van der Waals surface area contributed by atoms with Crippen molar-refractivity contribution in [2.24, 2.45) is 11.8 Å². The van der Waals surface area contributed by atoms with Gasteiger partial charge in [-0.3, -0.25) is 4.79 Å². The highest BCUT2D eigenvalue weighted by molar-refractivity contribution is 6.01. The second-order valence-corrected chi connectivity index (χ2v) is 4.23. The summed E-state index contributed by atoms with van der Waals surface area (Å²) in [6, 6.07) is 4.99. The van der Waals surface area contributed by atoms with E-state index in [4.69, 9.17) is 0 Å². The number of carbonyl (C=O) groups excluding carboxylic acids is 1. The van der Waals surface area contributed by atoms with Crippen molar-refractivity contribution < 1.29 is 18.0 Å². The zero-order chi connectivity index (χ0) is 11.9. The average Bonchev–Trinajstić information content (AvgIpc) is 2.93. The molecule has 1 saturated carbocycles. The summed E-state index contributed by atoms with van der Waals surface area (Å²) in [5.74, 6) is -0.377. The number of halogens is 3. The van der Waals surface area contributed by atoms with Crippen molar-refractivity contribution in [2.45, 2.75) is 19.5 Å². The molecule has 0 saturated heterocycles. The van der Waals surface area contributed by atoms with Crippen molar-refractivity contribution in [3.8, 4) is 0 Å². The molecule has 0 aromatic heterocycles. The van der Waals surface area contributed by atoms with E-state index in [1.54, 1.807) is 0 Å². The third-order valence-corrected chi connectivity index (χ3v) is 2.94. The van der Waals surface area contributed by atoms with Crippen LogP contribution in [0, 0.1) is 11.8 Å². The van der Waals surface area contributed by atoms with E-state index >= 15 is 0 Å². The van der Waals surface area contributed by atoms with Gasteiger partial charge in [0.25, 0.3) is 0 Å². The molecule has 0 aliphatic heterocycles. The van der Waals surface area contributed by atoms with Gasteiger partial charge in [-0.2, -0.15) is 13.2 Å². The Morgan fingerprint density at radius 3 is 2.38 bits per heavy atom. The van der Waals surface area contributed by atoms with Gasteiger partial charge in [0.15, 0.2) is 5.78 Å². The number of ketones is 1. The first-order valence-electron chi connectivity index (χ1n) is 5.11. The first-order valence-corrected chi connectivity index (χ1v) is 5.11. The normalized spacial score (nSPS) is 24.2. The number of Topliss-reactive ketones (excluding diaryl/α,β-unsaturated/α-hetero) is 1. The van der Waals surface area contributed by atoms with Crippen LogP contribution in [0.1, 0.15) is 29.3 Å². The van der Waals surface area contributed by atoms with Gasteiger partial charge in [-0.1, -0.05) is 25.1 Å². The minimum atomic E-state index is -4.45. The Bertz CT molecular complexity index is 423. The largest absolute Gasteiger partial charge is 0.417 e. The van der Waals surface area contributed by atoms with Crippen LogP contribution in [0.4, 0.5) is 13.2 Å². The topological polar surface area (TPSA) is 17.1 Å².